The maximum Gasteiger partial charge on any atom is 0.0101 e. The van der Waals surface area contributed by atoms with Gasteiger partial charge in [0.25, 0.3) is 0 Å². The Bertz CT molecular complexity index is 129. The molecular formula is C7H11N. The van der Waals surface area contributed by atoms with Gasteiger partial charge in [0.15, 0.2) is 0 Å². The van der Waals surface area contributed by atoms with Crippen molar-refractivity contribution in [2.24, 2.45) is 29.4 Å². The fourth-order valence-corrected chi connectivity index (χ4v) is 3.13. The van der Waals surface area contributed by atoms with Gasteiger partial charge in [0.1, 0.15) is 0 Å². The summed E-state index contributed by atoms with van der Waals surface area (Å²) < 4.78 is 0. The lowest BCUT2D eigenvalue weighted by Gasteiger charge is -2.04. The van der Waals surface area contributed by atoms with E-state index in [-0.39, 0.29) is 0 Å². The molecule has 4 fully saturated rings. The molecule has 4 bridgehead atoms. The summed E-state index contributed by atoms with van der Waals surface area (Å²) in [5, 5.41) is 0. The minimum absolute atomic E-state index is 0.630. The SMILES string of the molecule is N[C@@H]1C2C[C@@H]3C1[C@@H]3C2. The summed E-state index contributed by atoms with van der Waals surface area (Å²) in [7, 11) is 0. The summed E-state index contributed by atoms with van der Waals surface area (Å²) in [6.07, 6.45) is 2.97. The van der Waals surface area contributed by atoms with Crippen molar-refractivity contribution >= 4 is 0 Å². The number of nitrogens with two attached hydrogens (primary N) is 1. The van der Waals surface area contributed by atoms with E-state index >= 15 is 0 Å². The second-order valence-electron chi connectivity index (χ2n) is 3.71. The summed E-state index contributed by atoms with van der Waals surface area (Å²) in [5.41, 5.74) is 5.91. The van der Waals surface area contributed by atoms with Crippen molar-refractivity contribution in [1.29, 1.82) is 0 Å². The van der Waals surface area contributed by atoms with Gasteiger partial charge >= 0.3 is 0 Å². The highest BCUT2D eigenvalue weighted by molar-refractivity contribution is 5.18. The fraction of sp³-hybridized carbons (Fsp3) is 1.00. The first-order valence-corrected chi connectivity index (χ1v) is 3.63. The molecule has 5 atom stereocenters. The first kappa shape index (κ1) is 3.89. The zero-order chi connectivity index (χ0) is 5.30. The third-order valence-corrected chi connectivity index (χ3v) is 3.54. The molecule has 0 aromatic rings. The van der Waals surface area contributed by atoms with Crippen molar-refractivity contribution in [3.8, 4) is 0 Å². The molecule has 4 aliphatic rings. The highest BCUT2D eigenvalue weighted by Crippen LogP contribution is 2.69. The minimum Gasteiger partial charge on any atom is -0.327 e. The molecule has 0 amide bonds. The second kappa shape index (κ2) is 0.860. The molecule has 1 nitrogen and oxygen atoms in total. The van der Waals surface area contributed by atoms with E-state index in [1.807, 2.05) is 0 Å². The molecule has 0 aromatic heterocycles. The molecule has 2 N–H and O–H groups in total. The van der Waals surface area contributed by atoms with Crippen molar-refractivity contribution in [2.45, 2.75) is 18.9 Å². The lowest BCUT2D eigenvalue weighted by Crippen LogP contribution is -2.23. The summed E-state index contributed by atoms with van der Waals surface area (Å²) in [5.74, 6) is 4.17. The van der Waals surface area contributed by atoms with Gasteiger partial charge in [-0.3, -0.25) is 0 Å². The first-order valence-electron chi connectivity index (χ1n) is 3.63. The largest absolute Gasteiger partial charge is 0.327 e. The molecular weight excluding hydrogens is 98.1 g/mol. The van der Waals surface area contributed by atoms with Crippen LogP contribution in [-0.2, 0) is 0 Å². The van der Waals surface area contributed by atoms with E-state index in [9.17, 15) is 0 Å². The zero-order valence-electron chi connectivity index (χ0n) is 4.88. The molecule has 0 aromatic carbocycles. The Labute approximate surface area is 49.3 Å². The van der Waals surface area contributed by atoms with Gasteiger partial charge in [-0.15, -0.1) is 0 Å². The van der Waals surface area contributed by atoms with Crippen molar-refractivity contribution in [3.63, 3.8) is 0 Å². The maximum absolute atomic E-state index is 5.91. The van der Waals surface area contributed by atoms with Crippen LogP contribution in [0.4, 0.5) is 0 Å². The molecule has 0 aliphatic heterocycles. The third-order valence-electron chi connectivity index (χ3n) is 3.54. The highest BCUT2D eigenvalue weighted by Gasteiger charge is 2.67. The van der Waals surface area contributed by atoms with E-state index in [2.05, 4.69) is 0 Å². The standard InChI is InChI=1S/C7H11N/c8-7-3-1-4-5(2-3)6(4)7/h3-7H,1-2,8H2/t3?,4-,5+,6?,7-/m1/s1. The topological polar surface area (TPSA) is 26.0 Å². The predicted octanol–water partition coefficient (Wildman–Crippen LogP) is 0.599. The van der Waals surface area contributed by atoms with Crippen LogP contribution >= 0.6 is 0 Å². The lowest BCUT2D eigenvalue weighted by molar-refractivity contribution is 0.523. The molecule has 4 rings (SSSR count). The predicted molar refractivity (Wildman–Crippen MR) is 31.2 cm³/mol. The quantitative estimate of drug-likeness (QED) is 0.484. The van der Waals surface area contributed by atoms with Crippen LogP contribution in [0, 0.1) is 23.7 Å². The van der Waals surface area contributed by atoms with Gasteiger partial charge in [0, 0.05) is 6.04 Å². The second-order valence-corrected chi connectivity index (χ2v) is 3.71. The van der Waals surface area contributed by atoms with Crippen molar-refractivity contribution in [3.05, 3.63) is 0 Å². The Morgan fingerprint density at radius 2 is 1.75 bits per heavy atom. The molecule has 0 heterocycles. The van der Waals surface area contributed by atoms with Crippen LogP contribution in [0.15, 0.2) is 0 Å². The van der Waals surface area contributed by atoms with Gasteiger partial charge in [0.05, 0.1) is 0 Å². The lowest BCUT2D eigenvalue weighted by atomic mass is 10.1. The van der Waals surface area contributed by atoms with Crippen LogP contribution in [-0.4, -0.2) is 6.04 Å². The van der Waals surface area contributed by atoms with E-state index in [0.717, 1.165) is 23.7 Å². The van der Waals surface area contributed by atoms with Gasteiger partial charge < -0.3 is 5.73 Å². The van der Waals surface area contributed by atoms with Gasteiger partial charge in [-0.2, -0.15) is 0 Å². The molecule has 44 valence electrons. The molecule has 0 spiro atoms. The summed E-state index contributed by atoms with van der Waals surface area (Å²) in [6, 6.07) is 0.630. The van der Waals surface area contributed by atoms with Crippen molar-refractivity contribution < 1.29 is 0 Å². The van der Waals surface area contributed by atoms with Crippen LogP contribution in [0.25, 0.3) is 0 Å². The number of hydrogen-bond donors (Lipinski definition) is 1. The van der Waals surface area contributed by atoms with Crippen molar-refractivity contribution in [1.82, 2.24) is 0 Å². The Morgan fingerprint density at radius 3 is 1.88 bits per heavy atom. The number of rotatable bonds is 0. The monoisotopic (exact) mass is 109 g/mol. The van der Waals surface area contributed by atoms with Crippen LogP contribution in [0.5, 0.6) is 0 Å². The average molecular weight is 109 g/mol. The smallest absolute Gasteiger partial charge is 0.0101 e. The first-order chi connectivity index (χ1) is 3.88. The normalized spacial score (nSPS) is 73.9. The Balaban J connectivity index is 2.10. The van der Waals surface area contributed by atoms with Gasteiger partial charge in [-0.05, 0) is 36.5 Å². The van der Waals surface area contributed by atoms with Crippen molar-refractivity contribution in [2.75, 3.05) is 0 Å². The highest BCUT2D eigenvalue weighted by atomic mass is 14.8. The Kier molecular flexibility index (Phi) is 0.418. The van der Waals surface area contributed by atoms with Gasteiger partial charge in [-0.1, -0.05) is 0 Å². The van der Waals surface area contributed by atoms with Gasteiger partial charge in [-0.25, -0.2) is 0 Å². The summed E-state index contributed by atoms with van der Waals surface area (Å²) >= 11 is 0. The Hall–Kier alpha value is -0.0400. The van der Waals surface area contributed by atoms with E-state index in [1.54, 1.807) is 0 Å². The Morgan fingerprint density at radius 1 is 1.12 bits per heavy atom. The zero-order valence-corrected chi connectivity index (χ0v) is 4.88. The van der Waals surface area contributed by atoms with Crippen LogP contribution in [0.1, 0.15) is 12.8 Å². The maximum atomic E-state index is 5.91. The minimum atomic E-state index is 0.630. The third kappa shape index (κ3) is 0.218. The van der Waals surface area contributed by atoms with E-state index in [0.29, 0.717) is 6.04 Å². The molecule has 2 unspecified atom stereocenters. The van der Waals surface area contributed by atoms with Crippen LogP contribution in [0.2, 0.25) is 0 Å². The van der Waals surface area contributed by atoms with Crippen LogP contribution in [0.3, 0.4) is 0 Å². The molecule has 0 radical (unpaired) electrons. The van der Waals surface area contributed by atoms with E-state index in [1.165, 1.54) is 12.8 Å². The summed E-state index contributed by atoms with van der Waals surface area (Å²) in [6.45, 7) is 0. The van der Waals surface area contributed by atoms with Gasteiger partial charge in [0.2, 0.25) is 0 Å². The molecule has 8 heavy (non-hydrogen) atoms. The summed E-state index contributed by atoms with van der Waals surface area (Å²) in [4.78, 5) is 0. The number of hydrogen-bond acceptors (Lipinski definition) is 1. The van der Waals surface area contributed by atoms with Crippen LogP contribution < -0.4 is 5.73 Å². The molecule has 1 heteroatoms. The fourth-order valence-electron chi connectivity index (χ4n) is 3.13. The molecule has 4 saturated carbocycles. The molecule has 0 saturated heterocycles. The molecule has 4 aliphatic carbocycles. The van der Waals surface area contributed by atoms with E-state index < -0.39 is 0 Å². The average Bonchev–Trinajstić information content (AvgIpc) is 2.23. The van der Waals surface area contributed by atoms with E-state index in [4.69, 9.17) is 5.73 Å².